The van der Waals surface area contributed by atoms with E-state index in [2.05, 4.69) is 6.92 Å². The third-order valence-electron chi connectivity index (χ3n) is 7.89. The van der Waals surface area contributed by atoms with E-state index in [9.17, 15) is 4.79 Å². The fourth-order valence-corrected chi connectivity index (χ4v) is 7.74. The summed E-state index contributed by atoms with van der Waals surface area (Å²) < 4.78 is 5.96. The molecule has 7 aliphatic rings. The topological polar surface area (TPSA) is 26.3 Å². The van der Waals surface area contributed by atoms with Crippen molar-refractivity contribution in [2.75, 3.05) is 0 Å². The van der Waals surface area contributed by atoms with Crippen LogP contribution in [0.4, 0.5) is 0 Å². The van der Waals surface area contributed by atoms with Crippen LogP contribution in [0.3, 0.4) is 0 Å². The van der Waals surface area contributed by atoms with Gasteiger partial charge in [0.25, 0.3) is 0 Å². The van der Waals surface area contributed by atoms with E-state index in [0.717, 1.165) is 35.5 Å². The molecule has 0 aromatic carbocycles. The van der Waals surface area contributed by atoms with E-state index in [1.165, 1.54) is 32.1 Å². The van der Waals surface area contributed by atoms with Gasteiger partial charge in [0.05, 0.1) is 0 Å². The molecule has 5 unspecified atom stereocenters. The Labute approximate surface area is 115 Å². The molecule has 19 heavy (non-hydrogen) atoms. The smallest absolute Gasteiger partial charge is 0.303 e. The fraction of sp³-hybridized carbons (Fsp3) is 0.941. The Morgan fingerprint density at radius 3 is 2.05 bits per heavy atom. The third-order valence-corrected chi connectivity index (χ3v) is 7.89. The molecule has 2 heteroatoms. The predicted octanol–water partition coefficient (Wildman–Crippen LogP) is 3.26. The van der Waals surface area contributed by atoms with Crippen molar-refractivity contribution < 1.29 is 9.53 Å². The standard InChI is InChI=1S/C17H24O2/c1-8(18)19-17(2)10-6-12-11-3-9-4-14(12)16(17)15(5-9)13(11)7-10/h9-16H,3-7H2,1-2H3. The molecule has 0 radical (unpaired) electrons. The van der Waals surface area contributed by atoms with Crippen molar-refractivity contribution >= 4 is 5.97 Å². The number of ether oxygens (including phenoxy) is 1. The lowest BCUT2D eigenvalue weighted by molar-refractivity contribution is -0.288. The summed E-state index contributed by atoms with van der Waals surface area (Å²) >= 11 is 0. The van der Waals surface area contributed by atoms with Crippen LogP contribution >= 0.6 is 0 Å². The number of esters is 1. The quantitative estimate of drug-likeness (QED) is 0.676. The number of rotatable bonds is 1. The molecular formula is C17H24O2. The summed E-state index contributed by atoms with van der Waals surface area (Å²) in [6.07, 6.45) is 7.13. The van der Waals surface area contributed by atoms with Gasteiger partial charge in [-0.15, -0.1) is 0 Å². The number of hydrogen-bond acceptors (Lipinski definition) is 2. The molecule has 0 saturated heterocycles. The van der Waals surface area contributed by atoms with Crippen LogP contribution in [0.2, 0.25) is 0 Å². The summed E-state index contributed by atoms with van der Waals surface area (Å²) in [6.45, 7) is 3.88. The summed E-state index contributed by atoms with van der Waals surface area (Å²) in [4.78, 5) is 11.6. The van der Waals surface area contributed by atoms with E-state index in [0.29, 0.717) is 11.8 Å². The molecule has 7 saturated carbocycles. The molecule has 0 spiro atoms. The van der Waals surface area contributed by atoms with Crippen LogP contribution in [0.1, 0.15) is 46.0 Å². The molecule has 7 fully saturated rings. The number of carbonyl (C=O) groups is 1. The van der Waals surface area contributed by atoms with Gasteiger partial charge in [-0.2, -0.15) is 0 Å². The van der Waals surface area contributed by atoms with E-state index in [1.807, 2.05) is 0 Å². The highest BCUT2D eigenvalue weighted by molar-refractivity contribution is 5.66. The molecule has 0 heterocycles. The van der Waals surface area contributed by atoms with Crippen LogP contribution in [0.5, 0.6) is 0 Å². The SMILES string of the molecule is CC(=O)OC1(C)C2CC3C4CC5CC3C1C(C5)C4C2. The Morgan fingerprint density at radius 2 is 1.47 bits per heavy atom. The second-order valence-corrected chi connectivity index (χ2v) is 8.36. The van der Waals surface area contributed by atoms with Gasteiger partial charge in [0.1, 0.15) is 5.60 Å². The van der Waals surface area contributed by atoms with Gasteiger partial charge < -0.3 is 4.74 Å². The summed E-state index contributed by atoms with van der Waals surface area (Å²) in [6, 6.07) is 0. The average molecular weight is 260 g/mol. The summed E-state index contributed by atoms with van der Waals surface area (Å²) in [5, 5.41) is 0. The monoisotopic (exact) mass is 260 g/mol. The molecule has 7 rings (SSSR count). The molecule has 2 nitrogen and oxygen atoms in total. The maximum Gasteiger partial charge on any atom is 0.303 e. The lowest BCUT2D eigenvalue weighted by atomic mass is 9.33. The lowest BCUT2D eigenvalue weighted by Gasteiger charge is -2.73. The van der Waals surface area contributed by atoms with Crippen molar-refractivity contribution in [2.45, 2.75) is 51.6 Å². The maximum absolute atomic E-state index is 11.6. The largest absolute Gasteiger partial charge is 0.459 e. The third kappa shape index (κ3) is 1.14. The molecular weight excluding hydrogens is 236 g/mol. The second-order valence-electron chi connectivity index (χ2n) is 8.36. The Morgan fingerprint density at radius 1 is 0.947 bits per heavy atom. The Balaban J connectivity index is 1.61. The molecule has 0 amide bonds. The van der Waals surface area contributed by atoms with Gasteiger partial charge in [-0.25, -0.2) is 0 Å². The van der Waals surface area contributed by atoms with Crippen LogP contribution in [-0.2, 0) is 9.53 Å². The highest BCUT2D eigenvalue weighted by Crippen LogP contribution is 2.74. The molecule has 8 bridgehead atoms. The van der Waals surface area contributed by atoms with Gasteiger partial charge in [-0.1, -0.05) is 0 Å². The van der Waals surface area contributed by atoms with Crippen LogP contribution < -0.4 is 0 Å². The Hall–Kier alpha value is -0.530. The minimum absolute atomic E-state index is 0.0572. The first kappa shape index (κ1) is 11.2. The van der Waals surface area contributed by atoms with Gasteiger partial charge in [-0.05, 0) is 80.5 Å². The molecule has 104 valence electrons. The normalized spacial score (nSPS) is 63.7. The van der Waals surface area contributed by atoms with Gasteiger partial charge in [0.2, 0.25) is 0 Å². The van der Waals surface area contributed by atoms with Gasteiger partial charge in [-0.3, -0.25) is 4.79 Å². The zero-order chi connectivity index (χ0) is 12.9. The van der Waals surface area contributed by atoms with Crippen molar-refractivity contribution in [2.24, 2.45) is 47.3 Å². The first-order chi connectivity index (χ1) is 9.08. The van der Waals surface area contributed by atoms with E-state index >= 15 is 0 Å². The average Bonchev–Trinajstić information content (AvgIpc) is 2.34. The van der Waals surface area contributed by atoms with Crippen LogP contribution in [-0.4, -0.2) is 11.6 Å². The molecule has 0 aromatic rings. The van der Waals surface area contributed by atoms with Crippen LogP contribution in [0.15, 0.2) is 0 Å². The van der Waals surface area contributed by atoms with E-state index in [4.69, 9.17) is 4.74 Å². The lowest BCUT2D eigenvalue weighted by Crippen LogP contribution is -2.71. The molecule has 0 aliphatic heterocycles. The Bertz CT molecular complexity index is 434. The molecule has 7 aliphatic carbocycles. The fourth-order valence-electron chi connectivity index (χ4n) is 7.74. The van der Waals surface area contributed by atoms with Crippen molar-refractivity contribution in [1.29, 1.82) is 0 Å². The van der Waals surface area contributed by atoms with E-state index in [-0.39, 0.29) is 11.6 Å². The van der Waals surface area contributed by atoms with E-state index < -0.39 is 0 Å². The molecule has 0 aromatic heterocycles. The highest BCUT2D eigenvalue weighted by Gasteiger charge is 2.71. The van der Waals surface area contributed by atoms with Crippen molar-refractivity contribution in [3.8, 4) is 0 Å². The van der Waals surface area contributed by atoms with Crippen LogP contribution in [0.25, 0.3) is 0 Å². The minimum atomic E-state index is -0.124. The number of carbonyl (C=O) groups excluding carboxylic acids is 1. The predicted molar refractivity (Wildman–Crippen MR) is 71.2 cm³/mol. The summed E-state index contributed by atoms with van der Waals surface area (Å²) in [5.74, 6) is 7.13. The van der Waals surface area contributed by atoms with Gasteiger partial charge >= 0.3 is 5.97 Å². The Kier molecular flexibility index (Phi) is 1.88. The molecule has 5 atom stereocenters. The zero-order valence-corrected chi connectivity index (χ0v) is 12.0. The summed E-state index contributed by atoms with van der Waals surface area (Å²) in [7, 11) is 0. The minimum Gasteiger partial charge on any atom is -0.459 e. The summed E-state index contributed by atoms with van der Waals surface area (Å²) in [5.41, 5.74) is -0.124. The second kappa shape index (κ2) is 3.20. The first-order valence-electron chi connectivity index (χ1n) is 8.27. The maximum atomic E-state index is 11.6. The molecule has 0 N–H and O–H groups in total. The van der Waals surface area contributed by atoms with Crippen LogP contribution in [0, 0.1) is 47.3 Å². The zero-order valence-electron chi connectivity index (χ0n) is 12.0. The van der Waals surface area contributed by atoms with Crippen molar-refractivity contribution in [3.63, 3.8) is 0 Å². The van der Waals surface area contributed by atoms with Gasteiger partial charge in [0, 0.05) is 12.8 Å². The first-order valence-corrected chi connectivity index (χ1v) is 8.27. The van der Waals surface area contributed by atoms with E-state index in [1.54, 1.807) is 6.92 Å². The van der Waals surface area contributed by atoms with Gasteiger partial charge in [0.15, 0.2) is 0 Å². The van der Waals surface area contributed by atoms with Crippen molar-refractivity contribution in [1.82, 2.24) is 0 Å². The van der Waals surface area contributed by atoms with Crippen molar-refractivity contribution in [3.05, 3.63) is 0 Å². The highest BCUT2D eigenvalue weighted by atomic mass is 16.6. The number of hydrogen-bond donors (Lipinski definition) is 0.